The highest BCUT2D eigenvalue weighted by molar-refractivity contribution is 7.92. The zero-order chi connectivity index (χ0) is 23.6. The van der Waals surface area contributed by atoms with Crippen molar-refractivity contribution in [3.8, 4) is 11.4 Å². The third-order valence-corrected chi connectivity index (χ3v) is 5.39. The third-order valence-electron chi connectivity index (χ3n) is 4.78. The Balaban J connectivity index is 1.45. The topological polar surface area (TPSA) is 117 Å². The van der Waals surface area contributed by atoms with Gasteiger partial charge in [0, 0.05) is 24.5 Å². The summed E-state index contributed by atoms with van der Waals surface area (Å²) in [6, 6.07) is 11.5. The van der Waals surface area contributed by atoms with Crippen molar-refractivity contribution in [3.05, 3.63) is 77.5 Å². The van der Waals surface area contributed by atoms with Crippen LogP contribution in [-0.4, -0.2) is 42.1 Å². The van der Waals surface area contributed by atoms with E-state index >= 15 is 0 Å². The molecule has 2 heterocycles. The number of aromatic nitrogens is 3. The first-order chi connectivity index (χ1) is 15.7. The number of carbonyl (C=O) groups is 1. The highest BCUT2D eigenvalue weighted by Crippen LogP contribution is 2.24. The summed E-state index contributed by atoms with van der Waals surface area (Å²) >= 11 is 0. The number of nitrogens with zero attached hydrogens (tertiary/aromatic N) is 2. The van der Waals surface area contributed by atoms with Crippen LogP contribution < -0.4 is 10.0 Å². The van der Waals surface area contributed by atoms with Gasteiger partial charge in [-0.05, 0) is 42.3 Å². The van der Waals surface area contributed by atoms with Crippen molar-refractivity contribution < 1.29 is 22.0 Å². The minimum Gasteiger partial charge on any atom is -0.352 e. The van der Waals surface area contributed by atoms with Gasteiger partial charge in [-0.3, -0.25) is 9.52 Å². The lowest BCUT2D eigenvalue weighted by Gasteiger charge is -2.07. The summed E-state index contributed by atoms with van der Waals surface area (Å²) in [6.07, 6.45) is 3.02. The lowest BCUT2D eigenvalue weighted by atomic mass is 10.1. The van der Waals surface area contributed by atoms with Gasteiger partial charge in [0.15, 0.2) is 5.65 Å². The zero-order valence-corrected chi connectivity index (χ0v) is 18.2. The van der Waals surface area contributed by atoms with Crippen LogP contribution in [0.1, 0.15) is 15.9 Å². The number of halogens is 2. The highest BCUT2D eigenvalue weighted by atomic mass is 32.2. The molecule has 0 radical (unpaired) electrons. The van der Waals surface area contributed by atoms with Crippen LogP contribution in [0.5, 0.6) is 0 Å². The van der Waals surface area contributed by atoms with Gasteiger partial charge in [-0.25, -0.2) is 27.2 Å². The summed E-state index contributed by atoms with van der Waals surface area (Å²) in [5.74, 6) is -1.71. The number of benzene rings is 2. The van der Waals surface area contributed by atoms with Crippen molar-refractivity contribution >= 4 is 32.8 Å². The van der Waals surface area contributed by atoms with E-state index in [9.17, 15) is 22.0 Å². The van der Waals surface area contributed by atoms with Crippen LogP contribution >= 0.6 is 0 Å². The lowest BCUT2D eigenvalue weighted by molar-refractivity contribution is 0.0955. The van der Waals surface area contributed by atoms with Crippen LogP contribution in [0.4, 0.5) is 14.5 Å². The first kappa shape index (κ1) is 22.3. The molecule has 4 aromatic rings. The van der Waals surface area contributed by atoms with Crippen molar-refractivity contribution in [2.45, 2.75) is 6.42 Å². The van der Waals surface area contributed by atoms with Gasteiger partial charge >= 0.3 is 0 Å². The van der Waals surface area contributed by atoms with Crippen molar-refractivity contribution in [2.24, 2.45) is 0 Å². The first-order valence-electron chi connectivity index (χ1n) is 9.85. The van der Waals surface area contributed by atoms with E-state index in [1.54, 1.807) is 24.3 Å². The zero-order valence-electron chi connectivity index (χ0n) is 17.4. The number of hydrogen-bond donors (Lipinski definition) is 3. The number of carbonyl (C=O) groups excluding carboxylic acids is 1. The number of nitrogens with one attached hydrogen (secondary N) is 3. The molecule has 0 fully saturated rings. The lowest BCUT2D eigenvalue weighted by Crippen LogP contribution is -2.26. The molecule has 11 heteroatoms. The van der Waals surface area contributed by atoms with Gasteiger partial charge < -0.3 is 10.3 Å². The smallest absolute Gasteiger partial charge is 0.253 e. The van der Waals surface area contributed by atoms with Crippen LogP contribution in [0, 0.1) is 11.6 Å². The molecule has 0 bridgehead atoms. The number of aromatic amines is 1. The second kappa shape index (κ2) is 8.94. The Labute approximate surface area is 188 Å². The molecule has 0 aliphatic heterocycles. The van der Waals surface area contributed by atoms with Crippen molar-refractivity contribution in [1.29, 1.82) is 0 Å². The maximum atomic E-state index is 14.1. The monoisotopic (exact) mass is 471 g/mol. The van der Waals surface area contributed by atoms with Gasteiger partial charge in [-0.15, -0.1) is 0 Å². The Morgan fingerprint density at radius 1 is 1.09 bits per heavy atom. The van der Waals surface area contributed by atoms with Gasteiger partial charge in [-0.1, -0.05) is 12.1 Å². The Hall–Kier alpha value is -3.86. The fourth-order valence-electron chi connectivity index (χ4n) is 3.28. The number of hydrogen-bond acceptors (Lipinski definition) is 5. The van der Waals surface area contributed by atoms with Crippen LogP contribution in [0.2, 0.25) is 0 Å². The minimum atomic E-state index is -3.34. The summed E-state index contributed by atoms with van der Waals surface area (Å²) in [6.45, 7) is 0.328. The predicted molar refractivity (Wildman–Crippen MR) is 120 cm³/mol. The molecule has 0 saturated heterocycles. The molecule has 0 saturated carbocycles. The molecule has 33 heavy (non-hydrogen) atoms. The maximum absolute atomic E-state index is 14.1. The fraction of sp³-hybridized carbons (Fsp3) is 0.136. The molecule has 170 valence electrons. The van der Waals surface area contributed by atoms with Crippen molar-refractivity contribution in [2.75, 3.05) is 17.5 Å². The second-order valence-corrected chi connectivity index (χ2v) is 9.09. The van der Waals surface area contributed by atoms with Gasteiger partial charge in [0.2, 0.25) is 10.0 Å². The quantitative estimate of drug-likeness (QED) is 0.383. The molecule has 2 aromatic carbocycles. The second-order valence-electron chi connectivity index (χ2n) is 7.34. The van der Waals surface area contributed by atoms with Crippen LogP contribution in [0.3, 0.4) is 0 Å². The Morgan fingerprint density at radius 3 is 2.55 bits per heavy atom. The summed E-state index contributed by atoms with van der Waals surface area (Å²) in [5, 5.41) is 2.81. The van der Waals surface area contributed by atoms with Gasteiger partial charge in [0.05, 0.1) is 22.9 Å². The molecule has 0 atom stereocenters. The number of anilines is 1. The molecule has 0 aliphatic carbocycles. The number of imidazole rings is 1. The maximum Gasteiger partial charge on any atom is 0.253 e. The number of fused-ring (bicyclic) bond motifs is 1. The number of sulfonamides is 1. The molecule has 0 spiro atoms. The molecule has 4 rings (SSSR count). The largest absolute Gasteiger partial charge is 0.352 e. The number of pyridine rings is 1. The summed E-state index contributed by atoms with van der Waals surface area (Å²) in [4.78, 5) is 24.0. The van der Waals surface area contributed by atoms with Crippen molar-refractivity contribution in [3.63, 3.8) is 0 Å². The molecule has 2 aromatic heterocycles. The van der Waals surface area contributed by atoms with E-state index in [0.717, 1.165) is 24.0 Å². The highest BCUT2D eigenvalue weighted by Gasteiger charge is 2.17. The SMILES string of the molecule is CS(=O)(=O)Nc1ccc(CCNC(=O)c2ccnc3nc(-c4ccc(F)cc4F)[nH]c23)cc1. The molecule has 8 nitrogen and oxygen atoms in total. The molecule has 3 N–H and O–H groups in total. The van der Waals surface area contributed by atoms with Gasteiger partial charge in [0.25, 0.3) is 5.91 Å². The van der Waals surface area contributed by atoms with E-state index in [-0.39, 0.29) is 28.5 Å². The van der Waals surface area contributed by atoms with Crippen LogP contribution in [0.15, 0.2) is 54.7 Å². The summed E-state index contributed by atoms with van der Waals surface area (Å²) in [5.41, 5.74) is 2.28. The Bertz CT molecular complexity index is 1440. The Morgan fingerprint density at radius 2 is 1.85 bits per heavy atom. The predicted octanol–water partition coefficient (Wildman–Crippen LogP) is 3.25. The summed E-state index contributed by atoms with van der Waals surface area (Å²) in [7, 11) is -3.34. The van der Waals surface area contributed by atoms with E-state index in [4.69, 9.17) is 0 Å². The first-order valence-corrected chi connectivity index (χ1v) is 11.7. The summed E-state index contributed by atoms with van der Waals surface area (Å²) < 4.78 is 52.2. The normalized spacial score (nSPS) is 11.5. The molecular weight excluding hydrogens is 452 g/mol. The van der Waals surface area contributed by atoms with E-state index in [1.165, 1.54) is 18.3 Å². The minimum absolute atomic E-state index is 0.0644. The van der Waals surface area contributed by atoms with Crippen molar-refractivity contribution in [1.82, 2.24) is 20.3 Å². The van der Waals surface area contributed by atoms with Crippen LogP contribution in [-0.2, 0) is 16.4 Å². The number of rotatable bonds is 7. The number of amides is 1. The molecular formula is C22H19F2N5O3S. The molecule has 0 aliphatic rings. The van der Waals surface area contributed by atoms with E-state index in [1.807, 2.05) is 0 Å². The Kier molecular flexibility index (Phi) is 6.05. The third kappa shape index (κ3) is 5.32. The van der Waals surface area contributed by atoms with Gasteiger partial charge in [-0.2, -0.15) is 0 Å². The standard InChI is InChI=1S/C22H19F2N5O3S/c1-33(31,32)29-15-5-2-13(3-6-15)8-10-26-22(30)17-9-11-25-21-19(17)27-20(28-21)16-7-4-14(23)12-18(16)24/h2-7,9,11-12,29H,8,10H2,1H3,(H,26,30)(H,25,27,28). The van der Waals surface area contributed by atoms with E-state index in [2.05, 4.69) is 25.0 Å². The average Bonchev–Trinajstić information content (AvgIpc) is 3.17. The van der Waals surface area contributed by atoms with Gasteiger partial charge in [0.1, 0.15) is 17.5 Å². The van der Waals surface area contributed by atoms with E-state index in [0.29, 0.717) is 24.2 Å². The fourth-order valence-corrected chi connectivity index (χ4v) is 3.84. The van der Waals surface area contributed by atoms with E-state index < -0.39 is 21.7 Å². The van der Waals surface area contributed by atoms with Crippen LogP contribution in [0.25, 0.3) is 22.6 Å². The molecule has 1 amide bonds. The number of H-pyrrole nitrogens is 1. The average molecular weight is 471 g/mol. The molecule has 0 unspecified atom stereocenters.